The van der Waals surface area contributed by atoms with Crippen LogP contribution in [-0.4, -0.2) is 24.0 Å². The van der Waals surface area contributed by atoms with Crippen LogP contribution in [-0.2, 0) is 4.79 Å². The van der Waals surface area contributed by atoms with Gasteiger partial charge < -0.3 is 5.32 Å². The van der Waals surface area contributed by atoms with E-state index in [4.69, 9.17) is 0 Å². The van der Waals surface area contributed by atoms with Crippen molar-refractivity contribution in [2.45, 2.75) is 45.2 Å². The lowest BCUT2D eigenvalue weighted by Gasteiger charge is -2.29. The van der Waals surface area contributed by atoms with Crippen LogP contribution in [0.4, 0.5) is 13.2 Å². The first kappa shape index (κ1) is 16.8. The van der Waals surface area contributed by atoms with E-state index >= 15 is 0 Å². The molecule has 1 amide bonds. The molecule has 0 aromatic heterocycles. The Labute approximate surface area is 120 Å². The summed E-state index contributed by atoms with van der Waals surface area (Å²) in [5, 5.41) is 3.74. The van der Waals surface area contributed by atoms with Gasteiger partial charge in [0.1, 0.15) is 0 Å². The van der Waals surface area contributed by atoms with Crippen molar-refractivity contribution in [3.05, 3.63) is 0 Å². The highest BCUT2D eigenvalue weighted by atomic mass is 79.9. The molecule has 1 aliphatic rings. The van der Waals surface area contributed by atoms with Gasteiger partial charge in [0.05, 0.1) is 5.92 Å². The molecule has 0 aliphatic heterocycles. The van der Waals surface area contributed by atoms with Crippen molar-refractivity contribution < 1.29 is 18.0 Å². The molecule has 112 valence electrons. The van der Waals surface area contributed by atoms with Gasteiger partial charge in [-0.3, -0.25) is 4.79 Å². The Bertz CT molecular complexity index is 288. The Morgan fingerprint density at radius 2 is 1.89 bits per heavy atom. The molecule has 1 fully saturated rings. The summed E-state index contributed by atoms with van der Waals surface area (Å²) in [6.45, 7) is 2.64. The molecule has 0 aromatic rings. The summed E-state index contributed by atoms with van der Waals surface area (Å²) in [7, 11) is 0. The number of rotatable bonds is 5. The lowest BCUT2D eigenvalue weighted by Crippen LogP contribution is -2.37. The predicted molar refractivity (Wildman–Crippen MR) is 72.1 cm³/mol. The monoisotopic (exact) mass is 343 g/mol. The highest BCUT2D eigenvalue weighted by Gasteiger charge is 2.42. The first-order valence-corrected chi connectivity index (χ1v) is 7.87. The van der Waals surface area contributed by atoms with Crippen LogP contribution in [0.1, 0.15) is 39.0 Å². The standard InChI is InChI=1S/C13H21BrF3NO/c1-9(6-7-14)8-18-12(19)10-2-4-11(5-3-10)13(15,16)17/h9-11H,2-8H2,1H3,(H,18,19). The van der Waals surface area contributed by atoms with Crippen molar-refractivity contribution in [1.29, 1.82) is 0 Å². The average Bonchev–Trinajstić information content (AvgIpc) is 2.35. The van der Waals surface area contributed by atoms with Crippen LogP contribution in [0.2, 0.25) is 0 Å². The maximum absolute atomic E-state index is 12.5. The van der Waals surface area contributed by atoms with Crippen LogP contribution in [0, 0.1) is 17.8 Å². The van der Waals surface area contributed by atoms with Crippen LogP contribution in [0.5, 0.6) is 0 Å². The molecule has 0 saturated heterocycles. The highest BCUT2D eigenvalue weighted by molar-refractivity contribution is 9.09. The predicted octanol–water partition coefficient (Wildman–Crippen LogP) is 3.89. The number of halogens is 4. The largest absolute Gasteiger partial charge is 0.391 e. The molecule has 1 unspecified atom stereocenters. The van der Waals surface area contributed by atoms with Gasteiger partial charge in [0.2, 0.25) is 5.91 Å². The Morgan fingerprint density at radius 3 is 2.37 bits per heavy atom. The number of hydrogen-bond acceptors (Lipinski definition) is 1. The third-order valence-corrected chi connectivity index (χ3v) is 4.25. The van der Waals surface area contributed by atoms with E-state index in [1.165, 1.54) is 0 Å². The molecule has 0 heterocycles. The fourth-order valence-corrected chi connectivity index (χ4v) is 3.17. The third kappa shape index (κ3) is 5.71. The van der Waals surface area contributed by atoms with Gasteiger partial charge in [-0.1, -0.05) is 22.9 Å². The molecule has 1 N–H and O–H groups in total. The summed E-state index contributed by atoms with van der Waals surface area (Å²) in [5.41, 5.74) is 0. The van der Waals surface area contributed by atoms with Crippen LogP contribution >= 0.6 is 15.9 Å². The minimum absolute atomic E-state index is 0.0814. The number of amides is 1. The van der Waals surface area contributed by atoms with Crippen molar-refractivity contribution >= 4 is 21.8 Å². The van der Waals surface area contributed by atoms with Crippen LogP contribution in [0.3, 0.4) is 0 Å². The van der Waals surface area contributed by atoms with E-state index < -0.39 is 12.1 Å². The summed E-state index contributed by atoms with van der Waals surface area (Å²) in [6, 6.07) is 0. The maximum atomic E-state index is 12.5. The van der Waals surface area contributed by atoms with Gasteiger partial charge in [-0.2, -0.15) is 13.2 Å². The summed E-state index contributed by atoms with van der Waals surface area (Å²) < 4.78 is 37.5. The van der Waals surface area contributed by atoms with Gasteiger partial charge in [-0.25, -0.2) is 0 Å². The molecule has 0 spiro atoms. The van der Waals surface area contributed by atoms with Gasteiger partial charge in [0.25, 0.3) is 0 Å². The van der Waals surface area contributed by atoms with E-state index in [9.17, 15) is 18.0 Å². The van der Waals surface area contributed by atoms with Crippen molar-refractivity contribution in [3.8, 4) is 0 Å². The molecule has 6 heteroatoms. The van der Waals surface area contributed by atoms with Gasteiger partial charge in [-0.15, -0.1) is 0 Å². The fourth-order valence-electron chi connectivity index (χ4n) is 2.39. The zero-order valence-corrected chi connectivity index (χ0v) is 12.7. The van der Waals surface area contributed by atoms with Crippen molar-refractivity contribution in [2.75, 3.05) is 11.9 Å². The Balaban J connectivity index is 2.29. The molecule has 0 aromatic carbocycles. The van der Waals surface area contributed by atoms with Crippen molar-refractivity contribution in [1.82, 2.24) is 5.32 Å². The topological polar surface area (TPSA) is 29.1 Å². The number of carbonyl (C=O) groups is 1. The van der Waals surface area contributed by atoms with Crippen LogP contribution in [0.25, 0.3) is 0 Å². The lowest BCUT2D eigenvalue weighted by molar-refractivity contribution is -0.184. The van der Waals surface area contributed by atoms with Gasteiger partial charge in [0, 0.05) is 17.8 Å². The summed E-state index contributed by atoms with van der Waals surface area (Å²) in [6.07, 6.45) is -2.27. The molecule has 0 bridgehead atoms. The minimum Gasteiger partial charge on any atom is -0.356 e. The molecule has 0 radical (unpaired) electrons. The first-order chi connectivity index (χ1) is 8.84. The van der Waals surface area contributed by atoms with Gasteiger partial charge >= 0.3 is 6.18 Å². The quantitative estimate of drug-likeness (QED) is 0.754. The fraction of sp³-hybridized carbons (Fsp3) is 0.923. The van der Waals surface area contributed by atoms with E-state index in [0.717, 1.165) is 11.8 Å². The van der Waals surface area contributed by atoms with E-state index in [1.54, 1.807) is 0 Å². The summed E-state index contributed by atoms with van der Waals surface area (Å²) >= 11 is 3.34. The SMILES string of the molecule is CC(CCBr)CNC(=O)C1CCC(C(F)(F)F)CC1. The molecule has 1 rings (SSSR count). The summed E-state index contributed by atoms with van der Waals surface area (Å²) in [5.74, 6) is -1.16. The second-order valence-corrected chi connectivity index (χ2v) is 6.21. The molecular weight excluding hydrogens is 323 g/mol. The molecule has 2 nitrogen and oxygen atoms in total. The number of nitrogens with one attached hydrogen (secondary N) is 1. The second-order valence-electron chi connectivity index (χ2n) is 5.42. The van der Waals surface area contributed by atoms with Crippen molar-refractivity contribution in [3.63, 3.8) is 0 Å². The molecule has 1 atom stereocenters. The third-order valence-electron chi connectivity index (χ3n) is 3.79. The zero-order chi connectivity index (χ0) is 14.5. The smallest absolute Gasteiger partial charge is 0.356 e. The van der Waals surface area contributed by atoms with E-state index in [2.05, 4.69) is 21.2 Å². The number of hydrogen-bond donors (Lipinski definition) is 1. The molecular formula is C13H21BrF3NO. The highest BCUT2D eigenvalue weighted by Crippen LogP contribution is 2.39. The Kier molecular flexibility index (Phi) is 6.63. The van der Waals surface area contributed by atoms with Crippen LogP contribution < -0.4 is 5.32 Å². The Morgan fingerprint density at radius 1 is 1.32 bits per heavy atom. The maximum Gasteiger partial charge on any atom is 0.391 e. The normalized spacial score (nSPS) is 25.9. The van der Waals surface area contributed by atoms with E-state index in [0.29, 0.717) is 25.3 Å². The van der Waals surface area contributed by atoms with Gasteiger partial charge in [0.15, 0.2) is 0 Å². The lowest BCUT2D eigenvalue weighted by atomic mass is 9.81. The van der Waals surface area contributed by atoms with E-state index in [-0.39, 0.29) is 24.7 Å². The average molecular weight is 344 g/mol. The first-order valence-electron chi connectivity index (χ1n) is 6.75. The number of carbonyl (C=O) groups excluding carboxylic acids is 1. The minimum atomic E-state index is -4.11. The zero-order valence-electron chi connectivity index (χ0n) is 11.1. The molecule has 1 saturated carbocycles. The van der Waals surface area contributed by atoms with Crippen molar-refractivity contribution in [2.24, 2.45) is 17.8 Å². The summed E-state index contributed by atoms with van der Waals surface area (Å²) in [4.78, 5) is 11.9. The molecule has 19 heavy (non-hydrogen) atoms. The number of alkyl halides is 4. The van der Waals surface area contributed by atoms with E-state index in [1.807, 2.05) is 6.92 Å². The molecule has 1 aliphatic carbocycles. The van der Waals surface area contributed by atoms with Gasteiger partial charge in [-0.05, 0) is 38.0 Å². The second kappa shape index (κ2) is 7.50. The van der Waals surface area contributed by atoms with Crippen LogP contribution in [0.15, 0.2) is 0 Å². The Hall–Kier alpha value is -0.260.